The molecule has 0 aliphatic carbocycles. The Kier molecular flexibility index (Phi) is 5.65. The Labute approximate surface area is 201 Å². The number of aryl methyl sites for hydroxylation is 1. The number of hydrogen-bond donors (Lipinski definition) is 1. The fraction of sp³-hybridized carbons (Fsp3) is 0.310. The summed E-state index contributed by atoms with van der Waals surface area (Å²) in [5.74, 6) is 2.82. The third-order valence-electron chi connectivity index (χ3n) is 6.51. The summed E-state index contributed by atoms with van der Waals surface area (Å²) in [5, 5.41) is 3.71. The number of allylic oxidation sites excluding steroid dienone is 1. The van der Waals surface area contributed by atoms with Crippen molar-refractivity contribution in [2.45, 2.75) is 38.8 Å². The van der Waals surface area contributed by atoms with E-state index < -0.39 is 0 Å². The van der Waals surface area contributed by atoms with E-state index in [1.54, 1.807) is 7.11 Å². The smallest absolute Gasteiger partial charge is 0.150 e. The van der Waals surface area contributed by atoms with Crippen LogP contribution in [0.15, 0.2) is 60.7 Å². The minimum atomic E-state index is -0.185. The van der Waals surface area contributed by atoms with E-state index in [9.17, 15) is 0 Å². The first-order valence-corrected chi connectivity index (χ1v) is 12.9. The van der Waals surface area contributed by atoms with Gasteiger partial charge in [0.15, 0.2) is 6.10 Å². The largest absolute Gasteiger partial charge is 0.496 e. The first-order chi connectivity index (χ1) is 15.9. The van der Waals surface area contributed by atoms with Gasteiger partial charge in [-0.25, -0.2) is 0 Å². The van der Waals surface area contributed by atoms with Crippen LogP contribution in [0.5, 0.6) is 11.5 Å². The van der Waals surface area contributed by atoms with E-state index >= 15 is 0 Å². The standard InChI is InChI=1S/C29H31NO2S/c1-18-17-29(2,3)30-22-13-12-21-26-23(31-4)10-7-11-24(26)32-28(27(21)25(18)22)20-9-6-8-19(16-20)14-15-33-5/h6-13,16-17,28,30H,14-15H2,1-5H3. The van der Waals surface area contributed by atoms with Crippen LogP contribution in [-0.2, 0) is 6.42 Å². The van der Waals surface area contributed by atoms with E-state index in [1.807, 2.05) is 23.9 Å². The van der Waals surface area contributed by atoms with Crippen LogP contribution < -0.4 is 14.8 Å². The van der Waals surface area contributed by atoms with Crippen molar-refractivity contribution < 1.29 is 9.47 Å². The molecular formula is C29H31NO2S. The van der Waals surface area contributed by atoms with Gasteiger partial charge in [-0.15, -0.1) is 0 Å². The molecule has 0 aromatic heterocycles. The van der Waals surface area contributed by atoms with Crippen molar-refractivity contribution in [2.75, 3.05) is 24.4 Å². The molecule has 1 atom stereocenters. The van der Waals surface area contributed by atoms with Crippen molar-refractivity contribution in [2.24, 2.45) is 0 Å². The summed E-state index contributed by atoms with van der Waals surface area (Å²) < 4.78 is 12.5. The molecular weight excluding hydrogens is 426 g/mol. The predicted molar refractivity (Wildman–Crippen MR) is 141 cm³/mol. The molecule has 33 heavy (non-hydrogen) atoms. The first-order valence-electron chi connectivity index (χ1n) is 11.5. The van der Waals surface area contributed by atoms with Crippen LogP contribution >= 0.6 is 11.8 Å². The molecule has 5 rings (SSSR count). The lowest BCUT2D eigenvalue weighted by Crippen LogP contribution is -2.32. The fourth-order valence-electron chi connectivity index (χ4n) is 5.23. The second-order valence-corrected chi connectivity index (χ2v) is 10.4. The first kappa shape index (κ1) is 22.0. The topological polar surface area (TPSA) is 30.5 Å². The molecule has 170 valence electrons. The number of ether oxygens (including phenoxy) is 2. The lowest BCUT2D eigenvalue weighted by Gasteiger charge is -2.37. The van der Waals surface area contributed by atoms with Gasteiger partial charge in [-0.1, -0.05) is 42.5 Å². The van der Waals surface area contributed by atoms with Gasteiger partial charge in [-0.2, -0.15) is 11.8 Å². The number of methoxy groups -OCH3 is 1. The molecule has 0 fully saturated rings. The fourth-order valence-corrected chi connectivity index (χ4v) is 5.67. The van der Waals surface area contributed by atoms with Gasteiger partial charge in [0.1, 0.15) is 11.5 Å². The molecule has 1 unspecified atom stereocenters. The van der Waals surface area contributed by atoms with E-state index in [4.69, 9.17) is 9.47 Å². The van der Waals surface area contributed by atoms with Crippen LogP contribution in [0.3, 0.4) is 0 Å². The Morgan fingerprint density at radius 3 is 2.67 bits per heavy atom. The quantitative estimate of drug-likeness (QED) is 0.434. The third kappa shape index (κ3) is 3.91. The van der Waals surface area contributed by atoms with Crippen molar-refractivity contribution in [1.29, 1.82) is 0 Å². The van der Waals surface area contributed by atoms with Gasteiger partial charge in [0.25, 0.3) is 0 Å². The highest BCUT2D eigenvalue weighted by Crippen LogP contribution is 2.53. The van der Waals surface area contributed by atoms with E-state index in [-0.39, 0.29) is 11.6 Å². The summed E-state index contributed by atoms with van der Waals surface area (Å²) in [7, 11) is 1.73. The second kappa shape index (κ2) is 8.49. The van der Waals surface area contributed by atoms with Gasteiger partial charge in [0.2, 0.25) is 0 Å². The Balaban J connectivity index is 1.75. The molecule has 2 heterocycles. The molecule has 2 aliphatic rings. The van der Waals surface area contributed by atoms with Crippen LogP contribution in [0.2, 0.25) is 0 Å². The SMILES string of the molecule is COc1cccc2c1-c1ccc3c(c1C(c1cccc(CCSC)c1)O2)C(C)=CC(C)(C)N3. The number of hydrogen-bond acceptors (Lipinski definition) is 4. The Morgan fingerprint density at radius 1 is 1.06 bits per heavy atom. The summed E-state index contributed by atoms with van der Waals surface area (Å²) in [6.45, 7) is 6.63. The number of benzene rings is 3. The van der Waals surface area contributed by atoms with Crippen LogP contribution in [0.25, 0.3) is 16.7 Å². The van der Waals surface area contributed by atoms with Crippen molar-refractivity contribution >= 4 is 23.0 Å². The average molecular weight is 458 g/mol. The second-order valence-electron chi connectivity index (χ2n) is 9.44. The maximum absolute atomic E-state index is 6.77. The zero-order valence-electron chi connectivity index (χ0n) is 20.0. The van der Waals surface area contributed by atoms with Crippen LogP contribution in [0.1, 0.15) is 49.1 Å². The lowest BCUT2D eigenvalue weighted by molar-refractivity contribution is 0.241. The van der Waals surface area contributed by atoms with E-state index in [0.717, 1.165) is 34.9 Å². The molecule has 2 aliphatic heterocycles. The maximum Gasteiger partial charge on any atom is 0.150 e. The van der Waals surface area contributed by atoms with Gasteiger partial charge in [0.05, 0.1) is 18.2 Å². The summed E-state index contributed by atoms with van der Waals surface area (Å²) in [6.07, 6.45) is 5.35. The molecule has 0 bridgehead atoms. The van der Waals surface area contributed by atoms with Gasteiger partial charge >= 0.3 is 0 Å². The summed E-state index contributed by atoms with van der Waals surface area (Å²) in [4.78, 5) is 0. The molecule has 0 saturated heterocycles. The molecule has 1 N–H and O–H groups in total. The zero-order valence-corrected chi connectivity index (χ0v) is 20.8. The highest BCUT2D eigenvalue weighted by molar-refractivity contribution is 7.98. The zero-order chi connectivity index (χ0) is 23.2. The third-order valence-corrected chi connectivity index (χ3v) is 7.12. The minimum Gasteiger partial charge on any atom is -0.496 e. The van der Waals surface area contributed by atoms with E-state index in [0.29, 0.717) is 0 Å². The Hall–Kier alpha value is -2.85. The summed E-state index contributed by atoms with van der Waals surface area (Å²) in [6, 6.07) is 19.4. The van der Waals surface area contributed by atoms with E-state index in [2.05, 4.69) is 80.9 Å². The number of anilines is 1. The molecule has 0 amide bonds. The van der Waals surface area contributed by atoms with Crippen LogP contribution in [0, 0.1) is 0 Å². The number of rotatable bonds is 5. The van der Waals surface area contributed by atoms with Gasteiger partial charge in [-0.05, 0) is 79.7 Å². The maximum atomic E-state index is 6.77. The highest BCUT2D eigenvalue weighted by Gasteiger charge is 2.35. The monoisotopic (exact) mass is 457 g/mol. The molecule has 3 aromatic carbocycles. The lowest BCUT2D eigenvalue weighted by atomic mass is 9.80. The van der Waals surface area contributed by atoms with Gasteiger partial charge < -0.3 is 14.8 Å². The Morgan fingerprint density at radius 2 is 1.88 bits per heavy atom. The summed E-state index contributed by atoms with van der Waals surface area (Å²) in [5.41, 5.74) is 9.54. The van der Waals surface area contributed by atoms with Crippen molar-refractivity contribution in [3.05, 3.63) is 82.9 Å². The van der Waals surface area contributed by atoms with Crippen molar-refractivity contribution in [3.8, 4) is 22.6 Å². The molecule has 3 aromatic rings. The molecule has 3 nitrogen and oxygen atoms in total. The Bertz CT molecular complexity index is 1240. The van der Waals surface area contributed by atoms with Gasteiger partial charge in [0, 0.05) is 16.8 Å². The normalized spacial score (nSPS) is 17.6. The molecule has 4 heteroatoms. The molecule has 0 saturated carbocycles. The van der Waals surface area contributed by atoms with Crippen molar-refractivity contribution in [1.82, 2.24) is 0 Å². The number of nitrogens with one attached hydrogen (secondary N) is 1. The van der Waals surface area contributed by atoms with Gasteiger partial charge in [-0.3, -0.25) is 0 Å². The molecule has 0 radical (unpaired) electrons. The van der Waals surface area contributed by atoms with E-state index in [1.165, 1.54) is 33.4 Å². The number of thioether (sulfide) groups is 1. The number of fused-ring (bicyclic) bond motifs is 5. The highest BCUT2D eigenvalue weighted by atomic mass is 32.2. The van der Waals surface area contributed by atoms with Crippen LogP contribution in [0.4, 0.5) is 5.69 Å². The summed E-state index contributed by atoms with van der Waals surface area (Å²) >= 11 is 1.88. The minimum absolute atomic E-state index is 0.0936. The molecule has 0 spiro atoms. The van der Waals surface area contributed by atoms with Crippen LogP contribution in [-0.4, -0.2) is 24.7 Å². The van der Waals surface area contributed by atoms with Crippen molar-refractivity contribution in [3.63, 3.8) is 0 Å². The predicted octanol–water partition coefficient (Wildman–Crippen LogP) is 7.36. The average Bonchev–Trinajstić information content (AvgIpc) is 2.80.